The first-order valence-corrected chi connectivity index (χ1v) is 13.3. The molecule has 0 saturated heterocycles. The molecule has 0 fully saturated rings. The van der Waals surface area contributed by atoms with Gasteiger partial charge in [-0.25, -0.2) is 0 Å². The van der Waals surface area contributed by atoms with Crippen molar-refractivity contribution in [3.63, 3.8) is 0 Å². The third kappa shape index (κ3) is 8.53. The van der Waals surface area contributed by atoms with Gasteiger partial charge in [0.1, 0.15) is 5.69 Å². The fraction of sp³-hybridized carbons (Fsp3) is 0. The summed E-state index contributed by atoms with van der Waals surface area (Å²) in [5.74, 6) is -0.813. The summed E-state index contributed by atoms with van der Waals surface area (Å²) < 4.78 is 0. The molecule has 0 unspecified atom stereocenters. The molecule has 4 aromatic rings. The summed E-state index contributed by atoms with van der Waals surface area (Å²) in [5.41, 5.74) is 3.22. The van der Waals surface area contributed by atoms with Gasteiger partial charge in [0.2, 0.25) is 11.8 Å². The lowest BCUT2D eigenvalue weighted by atomic mass is 10.2. The Morgan fingerprint density at radius 1 is 0.600 bits per heavy atom. The summed E-state index contributed by atoms with van der Waals surface area (Å²) in [4.78, 5) is 25.3. The van der Waals surface area contributed by atoms with Gasteiger partial charge < -0.3 is 10.6 Å². The maximum Gasteiger partial charge on any atom is 0.248 e. The molecule has 2 amide bonds. The van der Waals surface area contributed by atoms with E-state index in [4.69, 9.17) is 46.4 Å². The Morgan fingerprint density at radius 2 is 1.18 bits per heavy atom. The van der Waals surface area contributed by atoms with Crippen LogP contribution in [0.5, 0.6) is 0 Å². The molecule has 0 radical (unpaired) electrons. The van der Waals surface area contributed by atoms with E-state index in [0.29, 0.717) is 54.0 Å². The number of hydrogen-bond acceptors (Lipinski definition) is 4. The van der Waals surface area contributed by atoms with Gasteiger partial charge in [-0.1, -0.05) is 76.7 Å². The molecule has 0 atom stereocenters. The van der Waals surface area contributed by atoms with Gasteiger partial charge in [-0.3, -0.25) is 9.59 Å². The minimum Gasteiger partial charge on any atom is -0.322 e. The molecular formula is C30H20Cl4N4O2. The average Bonchev–Trinajstić information content (AvgIpc) is 2.94. The van der Waals surface area contributed by atoms with Crippen molar-refractivity contribution in [2.24, 2.45) is 10.2 Å². The van der Waals surface area contributed by atoms with Crippen LogP contribution in [0.2, 0.25) is 20.1 Å². The Labute approximate surface area is 250 Å². The second-order valence-corrected chi connectivity index (χ2v) is 9.89. The normalized spacial score (nSPS) is 11.4. The lowest BCUT2D eigenvalue weighted by molar-refractivity contribution is -0.112. The van der Waals surface area contributed by atoms with Gasteiger partial charge in [-0.2, -0.15) is 5.11 Å². The zero-order chi connectivity index (χ0) is 28.5. The molecule has 4 rings (SSSR count). The summed E-state index contributed by atoms with van der Waals surface area (Å²) in [6.45, 7) is 0. The van der Waals surface area contributed by atoms with E-state index in [1.165, 1.54) is 12.2 Å². The summed E-state index contributed by atoms with van der Waals surface area (Å²) >= 11 is 24.0. The van der Waals surface area contributed by atoms with Crippen LogP contribution in [0.3, 0.4) is 0 Å². The minimum absolute atomic E-state index is 0.342. The van der Waals surface area contributed by atoms with Crippen LogP contribution in [0.15, 0.2) is 107 Å². The number of nitrogens with one attached hydrogen (secondary N) is 2. The highest BCUT2D eigenvalue weighted by Crippen LogP contribution is 2.31. The fourth-order valence-electron chi connectivity index (χ4n) is 3.34. The molecule has 0 aromatic heterocycles. The van der Waals surface area contributed by atoms with Crippen LogP contribution in [0.1, 0.15) is 11.1 Å². The van der Waals surface area contributed by atoms with Crippen LogP contribution in [0.4, 0.5) is 22.7 Å². The standard InChI is InChI=1S/C30H20Cl4N4O2/c31-23-11-6-19(16-25(23)33)8-14-29(39)35-22-10-13-27(38-37-21-4-2-1-3-5-21)28(18-22)36-30(40)15-9-20-7-12-24(32)26(34)17-20/h1-18H,(H,35,39)(H,36,40). The van der Waals surface area contributed by atoms with Gasteiger partial charge in [-0.15, -0.1) is 5.11 Å². The van der Waals surface area contributed by atoms with Gasteiger partial charge in [-0.05, 0) is 77.9 Å². The van der Waals surface area contributed by atoms with Crippen molar-refractivity contribution in [2.45, 2.75) is 0 Å². The van der Waals surface area contributed by atoms with Gasteiger partial charge >= 0.3 is 0 Å². The van der Waals surface area contributed by atoms with Gasteiger partial charge in [0.15, 0.2) is 0 Å². The van der Waals surface area contributed by atoms with Crippen molar-refractivity contribution >= 4 is 93.1 Å². The van der Waals surface area contributed by atoms with E-state index in [1.807, 2.05) is 18.2 Å². The van der Waals surface area contributed by atoms with E-state index in [9.17, 15) is 9.59 Å². The second-order valence-electron chi connectivity index (χ2n) is 8.26. The van der Waals surface area contributed by atoms with Crippen molar-refractivity contribution in [3.8, 4) is 0 Å². The molecule has 0 heterocycles. The zero-order valence-electron chi connectivity index (χ0n) is 20.6. The topological polar surface area (TPSA) is 82.9 Å². The third-order valence-electron chi connectivity index (χ3n) is 5.29. The number of carbonyl (C=O) groups excluding carboxylic acids is 2. The van der Waals surface area contributed by atoms with Gasteiger partial charge in [0, 0.05) is 17.8 Å². The first-order chi connectivity index (χ1) is 19.3. The lowest BCUT2D eigenvalue weighted by Crippen LogP contribution is -2.10. The average molecular weight is 610 g/mol. The Bertz CT molecular complexity index is 1640. The number of hydrogen-bond donors (Lipinski definition) is 2. The first kappa shape index (κ1) is 29.1. The second kappa shape index (κ2) is 13.9. The minimum atomic E-state index is -0.426. The number of amides is 2. The Morgan fingerprint density at radius 3 is 1.75 bits per heavy atom. The van der Waals surface area contributed by atoms with Crippen LogP contribution >= 0.6 is 46.4 Å². The Kier molecular flexibility index (Phi) is 10.1. The molecule has 10 heteroatoms. The van der Waals surface area contributed by atoms with Crippen LogP contribution in [-0.2, 0) is 9.59 Å². The van der Waals surface area contributed by atoms with E-state index in [1.54, 1.807) is 78.9 Å². The van der Waals surface area contributed by atoms with Crippen LogP contribution in [-0.4, -0.2) is 11.8 Å². The molecule has 0 spiro atoms. The molecule has 0 saturated carbocycles. The smallest absolute Gasteiger partial charge is 0.248 e. The monoisotopic (exact) mass is 608 g/mol. The number of rotatable bonds is 8. The molecule has 0 aliphatic heterocycles. The molecule has 0 aliphatic carbocycles. The molecule has 0 bridgehead atoms. The molecule has 6 nitrogen and oxygen atoms in total. The van der Waals surface area contributed by atoms with E-state index >= 15 is 0 Å². The zero-order valence-corrected chi connectivity index (χ0v) is 23.6. The van der Waals surface area contributed by atoms with E-state index in [0.717, 1.165) is 0 Å². The van der Waals surface area contributed by atoms with Crippen LogP contribution in [0.25, 0.3) is 12.2 Å². The largest absolute Gasteiger partial charge is 0.322 e. The van der Waals surface area contributed by atoms with E-state index in [2.05, 4.69) is 20.9 Å². The fourth-order valence-corrected chi connectivity index (χ4v) is 3.95. The highest BCUT2D eigenvalue weighted by molar-refractivity contribution is 6.42. The maximum atomic E-state index is 12.8. The van der Waals surface area contributed by atoms with Crippen molar-refractivity contribution in [3.05, 3.63) is 128 Å². The number of halogens is 4. The number of azo groups is 1. The number of anilines is 2. The van der Waals surface area contributed by atoms with E-state index in [-0.39, 0.29) is 5.91 Å². The van der Waals surface area contributed by atoms with Crippen molar-refractivity contribution < 1.29 is 9.59 Å². The Hall–Kier alpha value is -3.94. The van der Waals surface area contributed by atoms with Crippen molar-refractivity contribution in [1.82, 2.24) is 0 Å². The lowest BCUT2D eigenvalue weighted by Gasteiger charge is -2.09. The maximum absolute atomic E-state index is 12.8. The SMILES string of the molecule is O=C(C=Cc1ccc(Cl)c(Cl)c1)Nc1ccc(N=Nc2ccccc2)c(NC(=O)C=Cc2ccc(Cl)c(Cl)c2)c1. The summed E-state index contributed by atoms with van der Waals surface area (Å²) in [6.07, 6.45) is 5.92. The molecule has 40 heavy (non-hydrogen) atoms. The van der Waals surface area contributed by atoms with Crippen LogP contribution < -0.4 is 10.6 Å². The number of nitrogens with zero attached hydrogens (tertiary/aromatic N) is 2. The van der Waals surface area contributed by atoms with E-state index < -0.39 is 5.91 Å². The summed E-state index contributed by atoms with van der Waals surface area (Å²) in [6, 6.07) is 24.1. The Balaban J connectivity index is 1.53. The van der Waals surface area contributed by atoms with Gasteiger partial charge in [0.05, 0.1) is 31.5 Å². The van der Waals surface area contributed by atoms with Gasteiger partial charge in [0.25, 0.3) is 0 Å². The van der Waals surface area contributed by atoms with Crippen molar-refractivity contribution in [2.75, 3.05) is 10.6 Å². The van der Waals surface area contributed by atoms with Crippen molar-refractivity contribution in [1.29, 1.82) is 0 Å². The highest BCUT2D eigenvalue weighted by Gasteiger charge is 2.09. The molecule has 200 valence electrons. The number of carbonyl (C=O) groups is 2. The molecular weight excluding hydrogens is 590 g/mol. The summed E-state index contributed by atoms with van der Waals surface area (Å²) in [7, 11) is 0. The molecule has 4 aromatic carbocycles. The predicted molar refractivity (Wildman–Crippen MR) is 165 cm³/mol. The molecule has 2 N–H and O–H groups in total. The first-order valence-electron chi connectivity index (χ1n) is 11.8. The molecule has 0 aliphatic rings. The summed E-state index contributed by atoms with van der Waals surface area (Å²) in [5, 5.41) is 15.7. The van der Waals surface area contributed by atoms with Crippen LogP contribution in [0, 0.1) is 0 Å². The third-order valence-corrected chi connectivity index (χ3v) is 6.77. The highest BCUT2D eigenvalue weighted by atomic mass is 35.5. The predicted octanol–water partition coefficient (Wildman–Crippen LogP) is 10.0. The number of benzene rings is 4. The quantitative estimate of drug-likeness (QED) is 0.154.